The second kappa shape index (κ2) is 5.90. The van der Waals surface area contributed by atoms with E-state index in [4.69, 9.17) is 11.6 Å². The molecule has 2 nitrogen and oxygen atoms in total. The summed E-state index contributed by atoms with van der Waals surface area (Å²) in [5, 5.41) is 3.47. The number of amides is 1. The molecule has 0 saturated heterocycles. The van der Waals surface area contributed by atoms with Gasteiger partial charge in [-0.3, -0.25) is 4.79 Å². The zero-order valence-corrected chi connectivity index (χ0v) is 12.7. The summed E-state index contributed by atoms with van der Waals surface area (Å²) in [6.45, 7) is 2.24. The van der Waals surface area contributed by atoms with Crippen LogP contribution in [0.15, 0.2) is 48.5 Å². The van der Waals surface area contributed by atoms with E-state index in [-0.39, 0.29) is 5.91 Å². The molecule has 1 aliphatic carbocycles. The summed E-state index contributed by atoms with van der Waals surface area (Å²) < 4.78 is 0. The highest BCUT2D eigenvalue weighted by atomic mass is 35.5. The smallest absolute Gasteiger partial charge is 0.255 e. The molecule has 1 fully saturated rings. The van der Waals surface area contributed by atoms with Crippen LogP contribution in [0.5, 0.6) is 0 Å². The van der Waals surface area contributed by atoms with Gasteiger partial charge in [0.15, 0.2) is 0 Å². The topological polar surface area (TPSA) is 29.1 Å². The molecule has 108 valence electrons. The summed E-state index contributed by atoms with van der Waals surface area (Å²) in [5.41, 5.74) is 2.76. The Balaban J connectivity index is 1.66. The molecule has 2 aromatic carbocycles. The van der Waals surface area contributed by atoms with Crippen molar-refractivity contribution in [3.05, 3.63) is 64.7 Å². The molecule has 3 rings (SSSR count). The van der Waals surface area contributed by atoms with Crippen LogP contribution in [0.2, 0.25) is 5.02 Å². The molecule has 0 bridgehead atoms. The lowest BCUT2D eigenvalue weighted by atomic mass is 10.1. The average molecular weight is 300 g/mol. The van der Waals surface area contributed by atoms with Crippen molar-refractivity contribution in [2.45, 2.75) is 25.7 Å². The molecule has 1 saturated carbocycles. The number of anilines is 1. The van der Waals surface area contributed by atoms with Crippen molar-refractivity contribution in [1.29, 1.82) is 0 Å². The van der Waals surface area contributed by atoms with Gasteiger partial charge < -0.3 is 5.32 Å². The highest BCUT2D eigenvalue weighted by Crippen LogP contribution is 2.49. The maximum atomic E-state index is 12.1. The van der Waals surface area contributed by atoms with Gasteiger partial charge in [0, 0.05) is 16.3 Å². The van der Waals surface area contributed by atoms with Gasteiger partial charge in [-0.1, -0.05) is 43.1 Å². The van der Waals surface area contributed by atoms with Crippen LogP contribution in [0.3, 0.4) is 0 Å². The van der Waals surface area contributed by atoms with Gasteiger partial charge in [-0.2, -0.15) is 0 Å². The second-order valence-electron chi connectivity index (χ2n) is 5.60. The van der Waals surface area contributed by atoms with E-state index in [1.54, 1.807) is 24.3 Å². The van der Waals surface area contributed by atoms with Gasteiger partial charge in [0.2, 0.25) is 0 Å². The van der Waals surface area contributed by atoms with Crippen LogP contribution in [0.25, 0.3) is 0 Å². The van der Waals surface area contributed by atoms with E-state index in [2.05, 4.69) is 24.4 Å². The van der Waals surface area contributed by atoms with E-state index in [1.807, 2.05) is 12.1 Å². The van der Waals surface area contributed by atoms with Crippen molar-refractivity contribution in [1.82, 2.24) is 0 Å². The third kappa shape index (κ3) is 3.27. The minimum absolute atomic E-state index is 0.136. The molecule has 2 unspecified atom stereocenters. The molecule has 1 aliphatic rings. The van der Waals surface area contributed by atoms with Crippen molar-refractivity contribution in [2.75, 3.05) is 5.32 Å². The minimum Gasteiger partial charge on any atom is -0.322 e. The van der Waals surface area contributed by atoms with Crippen molar-refractivity contribution in [3.8, 4) is 0 Å². The Labute approximate surface area is 130 Å². The molecule has 0 radical (unpaired) electrons. The standard InChI is InChI=1S/C18H18ClNO/c1-2-12-11-17(12)13-6-8-16(9-7-13)20-18(21)14-4-3-5-15(19)10-14/h3-10,12,17H,2,11H2,1H3,(H,20,21). The SMILES string of the molecule is CCC1CC1c1ccc(NC(=O)c2cccc(Cl)c2)cc1. The Morgan fingerprint density at radius 2 is 2.00 bits per heavy atom. The minimum atomic E-state index is -0.136. The van der Waals surface area contributed by atoms with Crippen molar-refractivity contribution < 1.29 is 4.79 Å². The van der Waals surface area contributed by atoms with Crippen molar-refractivity contribution in [3.63, 3.8) is 0 Å². The predicted octanol–water partition coefficient (Wildman–Crippen LogP) is 5.11. The van der Waals surface area contributed by atoms with Crippen LogP contribution < -0.4 is 5.32 Å². The number of rotatable bonds is 4. The Morgan fingerprint density at radius 3 is 2.62 bits per heavy atom. The lowest BCUT2D eigenvalue weighted by molar-refractivity contribution is 0.102. The Kier molecular flexibility index (Phi) is 3.98. The van der Waals surface area contributed by atoms with Gasteiger partial charge in [-0.15, -0.1) is 0 Å². The molecule has 0 aromatic heterocycles. The molecule has 2 aromatic rings. The third-order valence-electron chi connectivity index (χ3n) is 4.13. The molecule has 3 heteroatoms. The molecule has 21 heavy (non-hydrogen) atoms. The summed E-state index contributed by atoms with van der Waals surface area (Å²) in [6.07, 6.45) is 2.54. The van der Waals surface area contributed by atoms with Crippen LogP contribution in [0.4, 0.5) is 5.69 Å². The van der Waals surface area contributed by atoms with Crippen LogP contribution in [-0.2, 0) is 0 Å². The van der Waals surface area contributed by atoms with E-state index >= 15 is 0 Å². The zero-order valence-electron chi connectivity index (χ0n) is 12.0. The molecule has 2 atom stereocenters. The van der Waals surface area contributed by atoms with E-state index in [9.17, 15) is 4.79 Å². The van der Waals surface area contributed by atoms with Crippen LogP contribution in [-0.4, -0.2) is 5.91 Å². The first kappa shape index (κ1) is 14.2. The summed E-state index contributed by atoms with van der Waals surface area (Å²) >= 11 is 5.90. The number of hydrogen-bond donors (Lipinski definition) is 1. The van der Waals surface area contributed by atoms with Crippen LogP contribution >= 0.6 is 11.6 Å². The first-order valence-corrected chi connectivity index (χ1v) is 7.72. The molecular formula is C18H18ClNO. The van der Waals surface area contributed by atoms with E-state index in [0.717, 1.165) is 11.6 Å². The monoisotopic (exact) mass is 299 g/mol. The van der Waals surface area contributed by atoms with E-state index < -0.39 is 0 Å². The highest BCUT2D eigenvalue weighted by molar-refractivity contribution is 6.31. The fourth-order valence-electron chi connectivity index (χ4n) is 2.75. The number of halogens is 1. The lowest BCUT2D eigenvalue weighted by Gasteiger charge is -2.07. The Hall–Kier alpha value is -1.80. The number of benzene rings is 2. The van der Waals surface area contributed by atoms with Gasteiger partial charge >= 0.3 is 0 Å². The second-order valence-corrected chi connectivity index (χ2v) is 6.03. The molecule has 1 amide bonds. The first-order chi connectivity index (χ1) is 10.2. The summed E-state index contributed by atoms with van der Waals surface area (Å²) in [6, 6.07) is 15.1. The van der Waals surface area contributed by atoms with Gasteiger partial charge in [0.1, 0.15) is 0 Å². The van der Waals surface area contributed by atoms with Crippen molar-refractivity contribution in [2.24, 2.45) is 5.92 Å². The normalized spacial score (nSPS) is 20.1. The quantitative estimate of drug-likeness (QED) is 0.835. The van der Waals surface area contributed by atoms with Gasteiger partial charge in [0.25, 0.3) is 5.91 Å². The van der Waals surface area contributed by atoms with Crippen LogP contribution in [0.1, 0.15) is 41.6 Å². The molecule has 0 heterocycles. The number of carbonyl (C=O) groups excluding carboxylic acids is 1. The summed E-state index contributed by atoms with van der Waals surface area (Å²) in [7, 11) is 0. The molecule has 0 aliphatic heterocycles. The van der Waals surface area contributed by atoms with Crippen molar-refractivity contribution >= 4 is 23.2 Å². The lowest BCUT2D eigenvalue weighted by Crippen LogP contribution is -2.11. The van der Waals surface area contributed by atoms with Gasteiger partial charge in [0.05, 0.1) is 0 Å². The predicted molar refractivity (Wildman–Crippen MR) is 87.0 cm³/mol. The average Bonchev–Trinajstić information content (AvgIpc) is 3.27. The number of carbonyl (C=O) groups is 1. The number of nitrogens with one attached hydrogen (secondary N) is 1. The largest absolute Gasteiger partial charge is 0.322 e. The Morgan fingerprint density at radius 1 is 1.24 bits per heavy atom. The maximum Gasteiger partial charge on any atom is 0.255 e. The Bertz CT molecular complexity index is 651. The first-order valence-electron chi connectivity index (χ1n) is 7.34. The van der Waals surface area contributed by atoms with E-state index in [0.29, 0.717) is 16.5 Å². The molecular weight excluding hydrogens is 282 g/mol. The summed E-state index contributed by atoms with van der Waals surface area (Å²) in [5.74, 6) is 1.42. The highest BCUT2D eigenvalue weighted by Gasteiger charge is 2.36. The number of hydrogen-bond acceptors (Lipinski definition) is 1. The van der Waals surface area contributed by atoms with E-state index in [1.165, 1.54) is 18.4 Å². The fraction of sp³-hybridized carbons (Fsp3) is 0.278. The fourth-order valence-corrected chi connectivity index (χ4v) is 2.94. The zero-order chi connectivity index (χ0) is 14.8. The molecule has 0 spiro atoms. The van der Waals surface area contributed by atoms with Gasteiger partial charge in [-0.25, -0.2) is 0 Å². The molecule has 1 N–H and O–H groups in total. The third-order valence-corrected chi connectivity index (χ3v) is 4.37. The summed E-state index contributed by atoms with van der Waals surface area (Å²) in [4.78, 5) is 12.1. The maximum absolute atomic E-state index is 12.1. The van der Waals surface area contributed by atoms with Crippen LogP contribution in [0, 0.1) is 5.92 Å². The van der Waals surface area contributed by atoms with Gasteiger partial charge in [-0.05, 0) is 54.2 Å².